The minimum Gasteiger partial charge on any atom is -0.339 e. The third-order valence-corrected chi connectivity index (χ3v) is 3.01. The zero-order valence-corrected chi connectivity index (χ0v) is 10.8. The van der Waals surface area contributed by atoms with Crippen LogP contribution in [-0.2, 0) is 0 Å². The Kier molecular flexibility index (Phi) is 3.99. The Morgan fingerprint density at radius 2 is 2.00 bits per heavy atom. The normalized spacial score (nSPS) is 14.4. The molecule has 2 heterocycles. The quantitative estimate of drug-likeness (QED) is 0.865. The van der Waals surface area contributed by atoms with E-state index in [1.807, 2.05) is 7.05 Å². The molecule has 0 aliphatic heterocycles. The van der Waals surface area contributed by atoms with Gasteiger partial charge < -0.3 is 9.84 Å². The topological polar surface area (TPSA) is 76.7 Å². The lowest BCUT2D eigenvalue weighted by Crippen LogP contribution is -2.30. The molecule has 2 rings (SSSR count). The maximum absolute atomic E-state index is 5.28. The summed E-state index contributed by atoms with van der Waals surface area (Å²) in [6, 6.07) is 2.07. The first kappa shape index (κ1) is 12.6. The number of rotatable bonds is 5. The van der Waals surface area contributed by atoms with E-state index in [0.717, 1.165) is 6.42 Å². The minimum atomic E-state index is 0.157. The van der Waals surface area contributed by atoms with Gasteiger partial charge in [0.25, 0.3) is 0 Å². The maximum Gasteiger partial charge on any atom is 0.240 e. The highest BCUT2D eigenvalue weighted by Crippen LogP contribution is 2.21. The molecule has 96 valence electrons. The molecule has 2 atom stereocenters. The highest BCUT2D eigenvalue weighted by Gasteiger charge is 2.22. The van der Waals surface area contributed by atoms with Gasteiger partial charge in [-0.3, -0.25) is 0 Å². The van der Waals surface area contributed by atoms with Gasteiger partial charge in [0.1, 0.15) is 0 Å². The number of nitrogens with one attached hydrogen (secondary N) is 1. The average molecular weight is 247 g/mol. The second-order valence-electron chi connectivity index (χ2n) is 4.12. The molecule has 0 fully saturated rings. The molecular formula is C12H17N5O. The Bertz CT molecular complexity index is 480. The van der Waals surface area contributed by atoms with E-state index in [-0.39, 0.29) is 5.92 Å². The fourth-order valence-corrected chi connectivity index (χ4v) is 1.91. The minimum absolute atomic E-state index is 0.157. The summed E-state index contributed by atoms with van der Waals surface area (Å²) >= 11 is 0. The maximum atomic E-state index is 5.28. The average Bonchev–Trinajstić information content (AvgIpc) is 2.90. The molecule has 0 saturated heterocycles. The van der Waals surface area contributed by atoms with Crippen LogP contribution < -0.4 is 5.32 Å². The second kappa shape index (κ2) is 5.68. The van der Waals surface area contributed by atoms with Gasteiger partial charge in [-0.2, -0.15) is 4.98 Å². The predicted octanol–water partition coefficient (Wildman–Crippen LogP) is 1.63. The monoisotopic (exact) mass is 247 g/mol. The summed E-state index contributed by atoms with van der Waals surface area (Å²) in [6.45, 7) is 4.18. The summed E-state index contributed by atoms with van der Waals surface area (Å²) in [5, 5.41) is 7.16. The van der Waals surface area contributed by atoms with Crippen LogP contribution in [0.2, 0.25) is 0 Å². The molecule has 2 aromatic rings. The summed E-state index contributed by atoms with van der Waals surface area (Å²) in [6.07, 6.45) is 4.31. The molecule has 0 aliphatic carbocycles. The fourth-order valence-electron chi connectivity index (χ4n) is 1.91. The largest absolute Gasteiger partial charge is 0.339 e. The first-order valence-electron chi connectivity index (χ1n) is 6.04. The van der Waals surface area contributed by atoms with Crippen molar-refractivity contribution in [3.05, 3.63) is 24.4 Å². The third-order valence-electron chi connectivity index (χ3n) is 3.01. The van der Waals surface area contributed by atoms with Gasteiger partial charge in [0.15, 0.2) is 0 Å². The van der Waals surface area contributed by atoms with Gasteiger partial charge in [-0.15, -0.1) is 0 Å². The van der Waals surface area contributed by atoms with E-state index in [4.69, 9.17) is 4.52 Å². The molecule has 1 N–H and O–H groups in total. The van der Waals surface area contributed by atoms with E-state index in [2.05, 4.69) is 39.3 Å². The van der Waals surface area contributed by atoms with Crippen molar-refractivity contribution in [1.82, 2.24) is 25.4 Å². The van der Waals surface area contributed by atoms with Crippen LogP contribution in [0.1, 0.15) is 32.1 Å². The highest BCUT2D eigenvalue weighted by atomic mass is 16.5. The molecule has 0 spiro atoms. The molecule has 2 aromatic heterocycles. The van der Waals surface area contributed by atoms with Crippen LogP contribution in [0.5, 0.6) is 0 Å². The van der Waals surface area contributed by atoms with Gasteiger partial charge in [0, 0.05) is 18.4 Å². The van der Waals surface area contributed by atoms with Crippen LogP contribution in [0, 0.1) is 0 Å². The Morgan fingerprint density at radius 3 is 2.61 bits per heavy atom. The molecule has 0 radical (unpaired) electrons. The summed E-state index contributed by atoms with van der Waals surface area (Å²) in [5.74, 6) is 1.68. The summed E-state index contributed by atoms with van der Waals surface area (Å²) in [4.78, 5) is 12.5. The lowest BCUT2D eigenvalue weighted by molar-refractivity contribution is 0.326. The van der Waals surface area contributed by atoms with Gasteiger partial charge in [-0.1, -0.05) is 19.0 Å². The first-order valence-corrected chi connectivity index (χ1v) is 6.04. The predicted molar refractivity (Wildman–Crippen MR) is 66.9 cm³/mol. The SMILES string of the molecule is CCC(NC)C(C)c1nc(-c2ncccn2)no1. The summed E-state index contributed by atoms with van der Waals surface area (Å²) in [7, 11) is 1.93. The number of nitrogens with zero attached hydrogens (tertiary/aromatic N) is 4. The fraction of sp³-hybridized carbons (Fsp3) is 0.500. The lowest BCUT2D eigenvalue weighted by Gasteiger charge is -2.18. The second-order valence-corrected chi connectivity index (χ2v) is 4.12. The van der Waals surface area contributed by atoms with Gasteiger partial charge in [-0.05, 0) is 19.5 Å². The van der Waals surface area contributed by atoms with Gasteiger partial charge >= 0.3 is 0 Å². The van der Waals surface area contributed by atoms with Crippen molar-refractivity contribution in [3.63, 3.8) is 0 Å². The van der Waals surface area contributed by atoms with Gasteiger partial charge in [-0.25, -0.2) is 9.97 Å². The molecule has 2 unspecified atom stereocenters. The zero-order valence-electron chi connectivity index (χ0n) is 10.8. The molecule has 6 heteroatoms. The van der Waals surface area contributed by atoms with Gasteiger partial charge in [0.05, 0.1) is 5.92 Å². The van der Waals surface area contributed by atoms with Crippen LogP contribution in [0.25, 0.3) is 11.6 Å². The van der Waals surface area contributed by atoms with E-state index in [0.29, 0.717) is 23.6 Å². The van der Waals surface area contributed by atoms with E-state index in [1.54, 1.807) is 18.5 Å². The van der Waals surface area contributed by atoms with Crippen molar-refractivity contribution >= 4 is 0 Å². The Balaban J connectivity index is 2.20. The standard InChI is InChI=1S/C12H17N5O/c1-4-9(13-3)8(2)12-16-11(17-18-12)10-14-6-5-7-15-10/h5-9,13H,4H2,1-3H3. The molecule has 6 nitrogen and oxygen atoms in total. The van der Waals surface area contributed by atoms with Crippen molar-refractivity contribution in [2.45, 2.75) is 32.2 Å². The van der Waals surface area contributed by atoms with E-state index in [1.165, 1.54) is 0 Å². The first-order chi connectivity index (χ1) is 8.76. The molecular weight excluding hydrogens is 230 g/mol. The number of hydrogen-bond acceptors (Lipinski definition) is 6. The van der Waals surface area contributed by atoms with E-state index >= 15 is 0 Å². The number of likely N-dealkylation sites (N-methyl/N-ethyl adjacent to an activating group) is 1. The number of aromatic nitrogens is 4. The van der Waals surface area contributed by atoms with E-state index < -0.39 is 0 Å². The smallest absolute Gasteiger partial charge is 0.240 e. The van der Waals surface area contributed by atoms with Crippen molar-refractivity contribution in [1.29, 1.82) is 0 Å². The van der Waals surface area contributed by atoms with Crippen LogP contribution in [0.4, 0.5) is 0 Å². The Morgan fingerprint density at radius 1 is 1.28 bits per heavy atom. The zero-order chi connectivity index (χ0) is 13.0. The molecule has 18 heavy (non-hydrogen) atoms. The Labute approximate surface area is 106 Å². The van der Waals surface area contributed by atoms with Gasteiger partial charge in [0.2, 0.25) is 17.5 Å². The molecule has 0 aromatic carbocycles. The highest BCUT2D eigenvalue weighted by molar-refractivity contribution is 5.40. The van der Waals surface area contributed by atoms with Crippen LogP contribution >= 0.6 is 0 Å². The summed E-state index contributed by atoms with van der Waals surface area (Å²) < 4.78 is 5.28. The van der Waals surface area contributed by atoms with Crippen LogP contribution in [-0.4, -0.2) is 33.2 Å². The molecule has 0 aliphatic rings. The molecule has 0 bridgehead atoms. The van der Waals surface area contributed by atoms with Crippen molar-refractivity contribution in [3.8, 4) is 11.6 Å². The van der Waals surface area contributed by atoms with Crippen molar-refractivity contribution < 1.29 is 4.52 Å². The van der Waals surface area contributed by atoms with Crippen molar-refractivity contribution in [2.24, 2.45) is 0 Å². The van der Waals surface area contributed by atoms with Crippen molar-refractivity contribution in [2.75, 3.05) is 7.05 Å². The lowest BCUT2D eigenvalue weighted by atomic mass is 10.00. The van der Waals surface area contributed by atoms with E-state index in [9.17, 15) is 0 Å². The molecule has 0 saturated carbocycles. The third kappa shape index (κ3) is 2.53. The van der Waals surface area contributed by atoms with Crippen LogP contribution in [0.3, 0.4) is 0 Å². The molecule has 0 amide bonds. The Hall–Kier alpha value is -1.82. The van der Waals surface area contributed by atoms with Crippen LogP contribution in [0.15, 0.2) is 23.0 Å². The number of hydrogen-bond donors (Lipinski definition) is 1. The summed E-state index contributed by atoms with van der Waals surface area (Å²) in [5.41, 5.74) is 0.